The fourth-order valence-electron chi connectivity index (χ4n) is 3.47. The normalized spacial score (nSPS) is 16.5. The van der Waals surface area contributed by atoms with Crippen molar-refractivity contribution in [1.29, 1.82) is 5.26 Å². The second-order valence-electron chi connectivity index (χ2n) is 7.14. The van der Waals surface area contributed by atoms with Crippen LogP contribution in [0.25, 0.3) is 0 Å². The Balaban J connectivity index is 1.99. The summed E-state index contributed by atoms with van der Waals surface area (Å²) < 4.78 is 13.8. The molecule has 0 saturated carbocycles. The molecule has 0 aliphatic carbocycles. The third kappa shape index (κ3) is 4.24. The van der Waals surface area contributed by atoms with Crippen LogP contribution in [-0.4, -0.2) is 29.4 Å². The molecule has 1 atom stereocenters. The summed E-state index contributed by atoms with van der Waals surface area (Å²) in [5.74, 6) is -0.293. The van der Waals surface area contributed by atoms with Crippen LogP contribution in [0.5, 0.6) is 0 Å². The van der Waals surface area contributed by atoms with E-state index in [4.69, 9.17) is 28.5 Å². The highest BCUT2D eigenvalue weighted by molar-refractivity contribution is 6.32. The third-order valence-electron chi connectivity index (χ3n) is 4.96. The molecule has 3 rings (SSSR count). The van der Waals surface area contributed by atoms with Gasteiger partial charge in [0.15, 0.2) is 0 Å². The van der Waals surface area contributed by atoms with Crippen LogP contribution in [0.15, 0.2) is 36.4 Å². The van der Waals surface area contributed by atoms with Crippen LogP contribution in [0.1, 0.15) is 31.4 Å². The van der Waals surface area contributed by atoms with Crippen molar-refractivity contribution < 1.29 is 9.18 Å². The summed E-state index contributed by atoms with van der Waals surface area (Å²) in [6, 6.07) is 11.4. The van der Waals surface area contributed by atoms with E-state index in [1.807, 2.05) is 29.7 Å². The van der Waals surface area contributed by atoms with Crippen LogP contribution in [0.2, 0.25) is 10.0 Å². The number of nitrogens with zero attached hydrogens (tertiary/aromatic N) is 3. The highest BCUT2D eigenvalue weighted by Crippen LogP contribution is 2.31. The first-order chi connectivity index (χ1) is 13.3. The van der Waals surface area contributed by atoms with Gasteiger partial charge in [-0.05, 0) is 55.8 Å². The van der Waals surface area contributed by atoms with E-state index in [-0.39, 0.29) is 23.8 Å². The predicted octanol–water partition coefficient (Wildman–Crippen LogP) is 5.02. The van der Waals surface area contributed by atoms with E-state index in [1.54, 1.807) is 18.2 Å². The van der Waals surface area contributed by atoms with E-state index in [1.165, 1.54) is 18.2 Å². The van der Waals surface area contributed by atoms with Gasteiger partial charge in [0.05, 0.1) is 16.6 Å². The van der Waals surface area contributed by atoms with Crippen molar-refractivity contribution in [3.8, 4) is 6.07 Å². The molecule has 4 nitrogen and oxygen atoms in total. The highest BCUT2D eigenvalue weighted by Gasteiger charge is 2.35. The van der Waals surface area contributed by atoms with Crippen LogP contribution in [0, 0.1) is 17.1 Å². The summed E-state index contributed by atoms with van der Waals surface area (Å²) in [6.07, 6.45) is 0.350. The largest absolute Gasteiger partial charge is 0.362 e. The molecule has 1 saturated heterocycles. The fourth-order valence-corrected chi connectivity index (χ4v) is 3.87. The molecule has 0 radical (unpaired) electrons. The smallest absolute Gasteiger partial charge is 0.225 e. The molecule has 1 aliphatic heterocycles. The van der Waals surface area contributed by atoms with Gasteiger partial charge in [-0.15, -0.1) is 0 Å². The lowest BCUT2D eigenvalue weighted by Gasteiger charge is -2.32. The van der Waals surface area contributed by atoms with Crippen LogP contribution < -0.4 is 4.90 Å². The van der Waals surface area contributed by atoms with Crippen LogP contribution in [0.4, 0.5) is 10.1 Å². The van der Waals surface area contributed by atoms with Crippen LogP contribution >= 0.6 is 23.2 Å². The Morgan fingerprint density at radius 1 is 1.25 bits per heavy atom. The Kier molecular flexibility index (Phi) is 6.12. The molecule has 0 spiro atoms. The minimum absolute atomic E-state index is 0.0788. The third-order valence-corrected chi connectivity index (χ3v) is 5.64. The van der Waals surface area contributed by atoms with Gasteiger partial charge >= 0.3 is 0 Å². The lowest BCUT2D eigenvalue weighted by molar-refractivity contribution is -0.129. The van der Waals surface area contributed by atoms with Crippen molar-refractivity contribution in [3.63, 3.8) is 0 Å². The maximum absolute atomic E-state index is 13.8. The molecular formula is C21H20Cl2FN3O. The summed E-state index contributed by atoms with van der Waals surface area (Å²) in [7, 11) is 0. The van der Waals surface area contributed by atoms with E-state index in [0.29, 0.717) is 40.7 Å². The maximum atomic E-state index is 13.8. The Hall–Kier alpha value is -2.29. The summed E-state index contributed by atoms with van der Waals surface area (Å²) in [6.45, 7) is 4.84. The Labute approximate surface area is 174 Å². The highest BCUT2D eigenvalue weighted by atomic mass is 35.5. The number of carbonyl (C=O) groups excluding carboxylic acids is 1. The molecule has 0 aromatic heterocycles. The zero-order valence-corrected chi connectivity index (χ0v) is 17.1. The van der Waals surface area contributed by atoms with Gasteiger partial charge in [0.1, 0.15) is 11.9 Å². The summed E-state index contributed by atoms with van der Waals surface area (Å²) >= 11 is 12.5. The monoisotopic (exact) mass is 419 g/mol. The quantitative estimate of drug-likeness (QED) is 0.683. The molecular weight excluding hydrogens is 400 g/mol. The lowest BCUT2D eigenvalue weighted by atomic mass is 10.1. The van der Waals surface area contributed by atoms with Crippen molar-refractivity contribution >= 4 is 34.8 Å². The molecule has 28 heavy (non-hydrogen) atoms. The molecule has 146 valence electrons. The standard InChI is InChI=1S/C21H20Cl2FN3O/c1-13(2)26-12-18(9-21(26)28)27(11-15-7-16(24)4-6-19(15)22)17-5-3-14(10-25)20(23)8-17/h3-8,13,18H,9,11-12H2,1-2H3/t18-/m0/s1. The Morgan fingerprint density at radius 3 is 2.61 bits per heavy atom. The number of anilines is 1. The van der Waals surface area contributed by atoms with Crippen molar-refractivity contribution in [3.05, 3.63) is 63.4 Å². The second-order valence-corrected chi connectivity index (χ2v) is 7.95. The number of rotatable bonds is 5. The number of amides is 1. The molecule has 0 unspecified atom stereocenters. The van der Waals surface area contributed by atoms with E-state index in [0.717, 1.165) is 5.69 Å². The number of benzene rings is 2. The first-order valence-electron chi connectivity index (χ1n) is 9.00. The average Bonchev–Trinajstić information content (AvgIpc) is 3.04. The minimum atomic E-state index is -0.372. The molecule has 0 N–H and O–H groups in total. The van der Waals surface area contributed by atoms with Crippen LogP contribution in [-0.2, 0) is 11.3 Å². The maximum Gasteiger partial charge on any atom is 0.225 e. The lowest BCUT2D eigenvalue weighted by Crippen LogP contribution is -2.39. The van der Waals surface area contributed by atoms with Gasteiger partial charge in [-0.25, -0.2) is 4.39 Å². The Morgan fingerprint density at radius 2 is 2.00 bits per heavy atom. The number of carbonyl (C=O) groups is 1. The van der Waals surface area contributed by atoms with Gasteiger partial charge in [-0.2, -0.15) is 5.26 Å². The predicted molar refractivity (Wildman–Crippen MR) is 109 cm³/mol. The minimum Gasteiger partial charge on any atom is -0.362 e. The molecule has 1 aliphatic rings. The molecule has 7 heteroatoms. The zero-order valence-electron chi connectivity index (χ0n) is 15.6. The number of hydrogen-bond acceptors (Lipinski definition) is 3. The van der Waals surface area contributed by atoms with E-state index >= 15 is 0 Å². The number of nitriles is 1. The molecule has 0 bridgehead atoms. The molecule has 1 amide bonds. The summed E-state index contributed by atoms with van der Waals surface area (Å²) in [5, 5.41) is 9.92. The van der Waals surface area contributed by atoms with Gasteiger partial charge in [0, 0.05) is 36.3 Å². The average molecular weight is 420 g/mol. The van der Waals surface area contributed by atoms with Crippen molar-refractivity contribution in [2.75, 3.05) is 11.4 Å². The van der Waals surface area contributed by atoms with Gasteiger partial charge in [0.25, 0.3) is 0 Å². The van der Waals surface area contributed by atoms with E-state index in [2.05, 4.69) is 0 Å². The van der Waals surface area contributed by atoms with Crippen molar-refractivity contribution in [2.24, 2.45) is 0 Å². The van der Waals surface area contributed by atoms with Crippen LogP contribution in [0.3, 0.4) is 0 Å². The first kappa shape index (κ1) is 20.4. The molecule has 2 aromatic carbocycles. The van der Waals surface area contributed by atoms with Gasteiger partial charge in [-0.1, -0.05) is 23.2 Å². The Bertz CT molecular complexity index is 942. The van der Waals surface area contributed by atoms with Gasteiger partial charge in [0.2, 0.25) is 5.91 Å². The van der Waals surface area contributed by atoms with Gasteiger partial charge < -0.3 is 9.80 Å². The molecule has 1 fully saturated rings. The first-order valence-corrected chi connectivity index (χ1v) is 9.75. The summed E-state index contributed by atoms with van der Waals surface area (Å²) in [4.78, 5) is 16.3. The van der Waals surface area contributed by atoms with Gasteiger partial charge in [-0.3, -0.25) is 4.79 Å². The summed E-state index contributed by atoms with van der Waals surface area (Å²) in [5.41, 5.74) is 1.76. The SMILES string of the molecule is CC(C)N1C[C@@H](N(Cc2cc(F)ccc2Cl)c2ccc(C#N)c(Cl)c2)CC1=O. The van der Waals surface area contributed by atoms with E-state index in [9.17, 15) is 9.18 Å². The van der Waals surface area contributed by atoms with Crippen molar-refractivity contribution in [2.45, 2.75) is 38.9 Å². The van der Waals surface area contributed by atoms with Crippen molar-refractivity contribution in [1.82, 2.24) is 4.90 Å². The zero-order chi connectivity index (χ0) is 20.4. The number of halogens is 3. The number of hydrogen-bond donors (Lipinski definition) is 0. The van der Waals surface area contributed by atoms with E-state index < -0.39 is 0 Å². The molecule has 2 aromatic rings. The fraction of sp³-hybridized carbons (Fsp3) is 0.333. The number of likely N-dealkylation sites (tertiary alicyclic amines) is 1. The topological polar surface area (TPSA) is 47.3 Å². The molecule has 1 heterocycles. The second kappa shape index (κ2) is 8.38.